The second kappa shape index (κ2) is 5.51. The number of nitrogens with one attached hydrogen (secondary N) is 1. The maximum Gasteiger partial charge on any atom is 0.161 e. The van der Waals surface area contributed by atoms with Gasteiger partial charge in [-0.3, -0.25) is 4.79 Å². The van der Waals surface area contributed by atoms with Gasteiger partial charge in [-0.15, -0.1) is 0 Å². The summed E-state index contributed by atoms with van der Waals surface area (Å²) in [6.07, 6.45) is 2.44. The molecule has 4 heteroatoms. The van der Waals surface area contributed by atoms with Crippen molar-refractivity contribution in [3.05, 3.63) is 56.3 Å². The first-order chi connectivity index (χ1) is 10.0. The summed E-state index contributed by atoms with van der Waals surface area (Å²) in [4.78, 5) is 12.5. The number of ketones is 1. The molecule has 21 heavy (non-hydrogen) atoms. The predicted molar refractivity (Wildman–Crippen MR) is 86.6 cm³/mol. The molecule has 1 atom stereocenters. The van der Waals surface area contributed by atoms with Gasteiger partial charge in [-0.05, 0) is 43.9 Å². The molecule has 0 aromatic heterocycles. The molecule has 2 nitrogen and oxygen atoms in total. The summed E-state index contributed by atoms with van der Waals surface area (Å²) in [6.45, 7) is 4.10. The van der Waals surface area contributed by atoms with Gasteiger partial charge in [0.2, 0.25) is 0 Å². The quantitative estimate of drug-likeness (QED) is 0.790. The van der Waals surface area contributed by atoms with Gasteiger partial charge < -0.3 is 5.32 Å². The van der Waals surface area contributed by atoms with Crippen LogP contribution >= 0.6 is 23.2 Å². The van der Waals surface area contributed by atoms with Gasteiger partial charge in [0.25, 0.3) is 0 Å². The first kappa shape index (κ1) is 14.7. The Morgan fingerprint density at radius 3 is 2.71 bits per heavy atom. The number of rotatable bonds is 1. The van der Waals surface area contributed by atoms with Gasteiger partial charge in [0, 0.05) is 29.3 Å². The van der Waals surface area contributed by atoms with Crippen LogP contribution in [0.2, 0.25) is 10.0 Å². The highest BCUT2D eigenvalue weighted by atomic mass is 35.5. The summed E-state index contributed by atoms with van der Waals surface area (Å²) in [6, 6.07) is 5.63. The first-order valence-corrected chi connectivity index (χ1v) is 7.91. The molecule has 0 fully saturated rings. The van der Waals surface area contributed by atoms with Gasteiger partial charge >= 0.3 is 0 Å². The fraction of sp³-hybridized carbons (Fsp3) is 0.353. The normalized spacial score (nSPS) is 22.3. The SMILES string of the molecule is CC1=C(C)C(c2cccc(Cl)c2Cl)C2=C(CCCC2=O)N1. The molecule has 3 rings (SSSR count). The van der Waals surface area contributed by atoms with Gasteiger partial charge in [-0.25, -0.2) is 0 Å². The Morgan fingerprint density at radius 2 is 1.95 bits per heavy atom. The summed E-state index contributed by atoms with van der Waals surface area (Å²) >= 11 is 12.6. The Bertz CT molecular complexity index is 688. The van der Waals surface area contributed by atoms with Gasteiger partial charge in [0.15, 0.2) is 5.78 Å². The predicted octanol–water partition coefficient (Wildman–Crippen LogP) is 4.98. The van der Waals surface area contributed by atoms with Crippen molar-refractivity contribution < 1.29 is 4.79 Å². The summed E-state index contributed by atoms with van der Waals surface area (Å²) in [5, 5.41) is 4.47. The minimum Gasteiger partial charge on any atom is -0.362 e. The highest BCUT2D eigenvalue weighted by Gasteiger charge is 2.35. The van der Waals surface area contributed by atoms with Crippen molar-refractivity contribution in [2.45, 2.75) is 39.0 Å². The Hall–Kier alpha value is -1.25. The third-order valence-electron chi connectivity index (χ3n) is 4.40. The van der Waals surface area contributed by atoms with E-state index in [0.717, 1.165) is 40.9 Å². The largest absolute Gasteiger partial charge is 0.362 e. The zero-order chi connectivity index (χ0) is 15.1. The number of allylic oxidation sites excluding steroid dienone is 4. The molecule has 0 saturated heterocycles. The minimum atomic E-state index is -0.0831. The number of dihydropyridines is 1. The number of halogens is 2. The molecule has 1 heterocycles. The Morgan fingerprint density at radius 1 is 1.19 bits per heavy atom. The Kier molecular flexibility index (Phi) is 3.85. The van der Waals surface area contributed by atoms with Crippen LogP contribution in [0.4, 0.5) is 0 Å². The van der Waals surface area contributed by atoms with Gasteiger partial charge in [0.05, 0.1) is 10.0 Å². The molecule has 1 aromatic rings. The highest BCUT2D eigenvalue weighted by molar-refractivity contribution is 6.42. The summed E-state index contributed by atoms with van der Waals surface area (Å²) in [7, 11) is 0. The van der Waals surface area contributed by atoms with Gasteiger partial charge in [0.1, 0.15) is 0 Å². The van der Waals surface area contributed by atoms with Crippen LogP contribution in [0.5, 0.6) is 0 Å². The summed E-state index contributed by atoms with van der Waals surface area (Å²) < 4.78 is 0. The second-order valence-corrected chi connectivity index (χ2v) is 6.46. The average molecular weight is 322 g/mol. The van der Waals surface area contributed by atoms with E-state index in [1.807, 2.05) is 19.1 Å². The van der Waals surface area contributed by atoms with E-state index in [1.165, 1.54) is 0 Å². The van der Waals surface area contributed by atoms with Crippen molar-refractivity contribution in [3.63, 3.8) is 0 Å². The van der Waals surface area contributed by atoms with Crippen LogP contribution in [0.15, 0.2) is 40.7 Å². The zero-order valence-corrected chi connectivity index (χ0v) is 13.6. The number of carbonyl (C=O) groups excluding carboxylic acids is 1. The van der Waals surface area contributed by atoms with Crippen LogP contribution in [0.25, 0.3) is 0 Å². The van der Waals surface area contributed by atoms with E-state index < -0.39 is 0 Å². The lowest BCUT2D eigenvalue weighted by Gasteiger charge is -2.34. The van der Waals surface area contributed by atoms with Crippen molar-refractivity contribution in [3.8, 4) is 0 Å². The zero-order valence-electron chi connectivity index (χ0n) is 12.1. The van der Waals surface area contributed by atoms with E-state index in [9.17, 15) is 4.79 Å². The van der Waals surface area contributed by atoms with Crippen LogP contribution < -0.4 is 5.32 Å². The highest BCUT2D eigenvalue weighted by Crippen LogP contribution is 2.44. The maximum absolute atomic E-state index is 12.5. The van der Waals surface area contributed by atoms with Crippen molar-refractivity contribution >= 4 is 29.0 Å². The molecule has 0 saturated carbocycles. The van der Waals surface area contributed by atoms with Crippen LogP contribution in [0.3, 0.4) is 0 Å². The standard InChI is InChI=1S/C17H17Cl2NO/c1-9-10(2)20-13-7-4-8-14(21)16(13)15(9)11-5-3-6-12(18)17(11)19/h3,5-6,15,20H,4,7-8H2,1-2H3. The first-order valence-electron chi connectivity index (χ1n) is 7.15. The number of hydrogen-bond donors (Lipinski definition) is 1. The molecule has 110 valence electrons. The average Bonchev–Trinajstić information content (AvgIpc) is 2.45. The van der Waals surface area contributed by atoms with E-state index in [4.69, 9.17) is 23.2 Å². The lowest BCUT2D eigenvalue weighted by atomic mass is 9.76. The maximum atomic E-state index is 12.5. The Balaban J connectivity index is 2.21. The summed E-state index contributed by atoms with van der Waals surface area (Å²) in [5.41, 5.74) is 5.08. The minimum absolute atomic E-state index is 0.0831. The van der Waals surface area contributed by atoms with Crippen molar-refractivity contribution in [2.75, 3.05) is 0 Å². The van der Waals surface area contributed by atoms with Crippen molar-refractivity contribution in [1.29, 1.82) is 0 Å². The number of benzene rings is 1. The molecular weight excluding hydrogens is 305 g/mol. The fourth-order valence-electron chi connectivity index (χ4n) is 3.22. The number of hydrogen-bond acceptors (Lipinski definition) is 2. The molecule has 1 aromatic carbocycles. The van der Waals surface area contributed by atoms with E-state index in [2.05, 4.69) is 12.2 Å². The molecule has 1 unspecified atom stereocenters. The molecule has 1 aliphatic heterocycles. The van der Waals surface area contributed by atoms with Crippen LogP contribution in [0.1, 0.15) is 44.6 Å². The van der Waals surface area contributed by atoms with E-state index in [0.29, 0.717) is 16.5 Å². The fourth-order valence-corrected chi connectivity index (χ4v) is 3.64. The van der Waals surface area contributed by atoms with Crippen LogP contribution in [0, 0.1) is 0 Å². The van der Waals surface area contributed by atoms with Gasteiger partial charge in [-0.2, -0.15) is 0 Å². The lowest BCUT2D eigenvalue weighted by Crippen LogP contribution is -2.31. The Labute approximate surface area is 134 Å². The number of carbonyl (C=O) groups is 1. The number of Topliss-reactive ketones (excluding diaryl/α,β-unsaturated/α-hetero) is 1. The van der Waals surface area contributed by atoms with E-state index >= 15 is 0 Å². The van der Waals surface area contributed by atoms with Crippen molar-refractivity contribution in [2.24, 2.45) is 0 Å². The molecule has 0 radical (unpaired) electrons. The molecule has 0 spiro atoms. The smallest absolute Gasteiger partial charge is 0.161 e. The lowest BCUT2D eigenvalue weighted by molar-refractivity contribution is -0.116. The van der Waals surface area contributed by atoms with Crippen molar-refractivity contribution in [1.82, 2.24) is 5.32 Å². The van der Waals surface area contributed by atoms with Gasteiger partial charge in [-0.1, -0.05) is 35.3 Å². The second-order valence-electron chi connectivity index (χ2n) is 5.68. The molecule has 0 amide bonds. The van der Waals surface area contributed by atoms with Crippen LogP contribution in [-0.4, -0.2) is 5.78 Å². The van der Waals surface area contributed by atoms with Crippen LogP contribution in [-0.2, 0) is 4.79 Å². The molecule has 1 N–H and O–H groups in total. The third-order valence-corrected chi connectivity index (χ3v) is 5.23. The topological polar surface area (TPSA) is 29.1 Å². The summed E-state index contributed by atoms with van der Waals surface area (Å²) in [5.74, 6) is 0.136. The van der Waals surface area contributed by atoms with E-state index in [1.54, 1.807) is 6.07 Å². The monoisotopic (exact) mass is 321 g/mol. The molecule has 1 aliphatic carbocycles. The molecule has 0 bridgehead atoms. The third kappa shape index (κ3) is 2.41. The molecule has 2 aliphatic rings. The molecular formula is C17H17Cl2NO. The van der Waals surface area contributed by atoms with E-state index in [-0.39, 0.29) is 11.7 Å².